The van der Waals surface area contributed by atoms with Gasteiger partial charge in [-0.3, -0.25) is 0 Å². The first-order chi connectivity index (χ1) is 8.26. The smallest absolute Gasteiger partial charge is 0.0681 e. The summed E-state index contributed by atoms with van der Waals surface area (Å²) in [4.78, 5) is 0. The highest BCUT2D eigenvalue weighted by atomic mass is 16.3. The summed E-state index contributed by atoms with van der Waals surface area (Å²) in [5.74, 6) is 0.568. The first-order valence-electron chi connectivity index (χ1n) is 6.76. The lowest BCUT2D eigenvalue weighted by atomic mass is 10.1. The van der Waals surface area contributed by atoms with Gasteiger partial charge in [-0.05, 0) is 43.6 Å². The minimum atomic E-state index is -0.275. The maximum Gasteiger partial charge on any atom is 0.0681 e. The molecule has 2 aliphatic rings. The highest BCUT2D eigenvalue weighted by Crippen LogP contribution is 2.52. The molecule has 1 aromatic carbocycles. The lowest BCUT2D eigenvalue weighted by Crippen LogP contribution is -2.28. The lowest BCUT2D eigenvalue weighted by molar-refractivity contribution is 0.122. The summed E-state index contributed by atoms with van der Waals surface area (Å²) in [6.07, 6.45) is 5.59. The topological polar surface area (TPSA) is 32.3 Å². The van der Waals surface area contributed by atoms with Gasteiger partial charge >= 0.3 is 0 Å². The SMILES string of the molecule is O[C@@]12CCC[C@H](NCc3ccccc3)C[C@@H]1C2. The van der Waals surface area contributed by atoms with Crippen molar-refractivity contribution in [3.05, 3.63) is 35.9 Å². The molecule has 0 unspecified atom stereocenters. The second-order valence-corrected chi connectivity index (χ2v) is 5.70. The largest absolute Gasteiger partial charge is 0.390 e. The first-order valence-corrected chi connectivity index (χ1v) is 6.76. The van der Waals surface area contributed by atoms with Crippen LogP contribution in [0.4, 0.5) is 0 Å². The van der Waals surface area contributed by atoms with E-state index in [0.717, 1.165) is 25.8 Å². The van der Waals surface area contributed by atoms with Crippen LogP contribution >= 0.6 is 0 Å². The van der Waals surface area contributed by atoms with Crippen LogP contribution in [0.15, 0.2) is 30.3 Å². The molecule has 2 fully saturated rings. The Morgan fingerprint density at radius 1 is 1.29 bits per heavy atom. The number of aliphatic hydroxyl groups is 1. The summed E-state index contributed by atoms with van der Waals surface area (Å²) >= 11 is 0. The Morgan fingerprint density at radius 2 is 2.12 bits per heavy atom. The molecule has 0 radical (unpaired) electrons. The fraction of sp³-hybridized carbons (Fsp3) is 0.600. The summed E-state index contributed by atoms with van der Waals surface area (Å²) in [6, 6.07) is 11.2. The van der Waals surface area contributed by atoms with E-state index in [1.54, 1.807) is 0 Å². The Labute approximate surface area is 103 Å². The highest BCUT2D eigenvalue weighted by Gasteiger charge is 2.53. The Bertz CT molecular complexity index is 378. The number of hydrogen-bond acceptors (Lipinski definition) is 2. The monoisotopic (exact) mass is 231 g/mol. The van der Waals surface area contributed by atoms with Gasteiger partial charge in [-0.25, -0.2) is 0 Å². The molecule has 0 amide bonds. The molecule has 17 heavy (non-hydrogen) atoms. The van der Waals surface area contributed by atoms with Crippen LogP contribution in [0.2, 0.25) is 0 Å². The van der Waals surface area contributed by atoms with Crippen LogP contribution < -0.4 is 5.32 Å². The average molecular weight is 231 g/mol. The van der Waals surface area contributed by atoms with E-state index in [-0.39, 0.29) is 5.60 Å². The van der Waals surface area contributed by atoms with Gasteiger partial charge in [-0.2, -0.15) is 0 Å². The molecule has 0 heterocycles. The molecule has 0 aliphatic heterocycles. The van der Waals surface area contributed by atoms with Crippen molar-refractivity contribution in [2.45, 2.75) is 50.3 Å². The third kappa shape index (κ3) is 2.53. The molecule has 0 aromatic heterocycles. The minimum absolute atomic E-state index is 0.275. The zero-order valence-electron chi connectivity index (χ0n) is 10.2. The number of benzene rings is 1. The fourth-order valence-electron chi connectivity index (χ4n) is 3.14. The summed E-state index contributed by atoms with van der Waals surface area (Å²) in [6.45, 7) is 0.955. The van der Waals surface area contributed by atoms with Gasteiger partial charge in [0, 0.05) is 12.6 Å². The van der Waals surface area contributed by atoms with E-state index >= 15 is 0 Å². The van der Waals surface area contributed by atoms with E-state index in [4.69, 9.17) is 0 Å². The van der Waals surface area contributed by atoms with Crippen molar-refractivity contribution >= 4 is 0 Å². The van der Waals surface area contributed by atoms with Crippen molar-refractivity contribution in [1.29, 1.82) is 0 Å². The van der Waals surface area contributed by atoms with Crippen molar-refractivity contribution in [2.75, 3.05) is 0 Å². The number of nitrogens with one attached hydrogen (secondary N) is 1. The molecule has 2 nitrogen and oxygen atoms in total. The van der Waals surface area contributed by atoms with E-state index in [2.05, 4.69) is 35.6 Å². The number of hydrogen-bond donors (Lipinski definition) is 2. The minimum Gasteiger partial charge on any atom is -0.390 e. The maximum absolute atomic E-state index is 10.1. The summed E-state index contributed by atoms with van der Waals surface area (Å²) in [7, 11) is 0. The molecule has 2 heteroatoms. The van der Waals surface area contributed by atoms with Crippen LogP contribution in [0.25, 0.3) is 0 Å². The molecule has 0 saturated heterocycles. The summed E-state index contributed by atoms with van der Waals surface area (Å²) in [5.41, 5.74) is 1.08. The van der Waals surface area contributed by atoms with Gasteiger partial charge in [0.25, 0.3) is 0 Å². The summed E-state index contributed by atoms with van der Waals surface area (Å²) in [5, 5.41) is 13.7. The molecule has 2 aliphatic carbocycles. The predicted molar refractivity (Wildman–Crippen MR) is 68.6 cm³/mol. The molecule has 2 N–H and O–H groups in total. The number of fused-ring (bicyclic) bond motifs is 1. The second kappa shape index (κ2) is 4.43. The van der Waals surface area contributed by atoms with Crippen LogP contribution in [0.5, 0.6) is 0 Å². The van der Waals surface area contributed by atoms with Crippen LogP contribution in [0.1, 0.15) is 37.7 Å². The van der Waals surface area contributed by atoms with E-state index < -0.39 is 0 Å². The van der Waals surface area contributed by atoms with Gasteiger partial charge < -0.3 is 10.4 Å². The highest BCUT2D eigenvalue weighted by molar-refractivity contribution is 5.14. The molecule has 0 bridgehead atoms. The van der Waals surface area contributed by atoms with E-state index in [1.807, 2.05) is 0 Å². The molecule has 3 rings (SSSR count). The van der Waals surface area contributed by atoms with Crippen molar-refractivity contribution in [3.63, 3.8) is 0 Å². The second-order valence-electron chi connectivity index (χ2n) is 5.70. The van der Waals surface area contributed by atoms with E-state index in [9.17, 15) is 5.11 Å². The van der Waals surface area contributed by atoms with Gasteiger partial charge in [0.2, 0.25) is 0 Å². The Hall–Kier alpha value is -0.860. The van der Waals surface area contributed by atoms with Crippen molar-refractivity contribution in [3.8, 4) is 0 Å². The van der Waals surface area contributed by atoms with Gasteiger partial charge in [0.15, 0.2) is 0 Å². The van der Waals surface area contributed by atoms with Crippen LogP contribution in [-0.2, 0) is 6.54 Å². The zero-order valence-corrected chi connectivity index (χ0v) is 10.2. The molecule has 1 aromatic rings. The molecule has 0 spiro atoms. The van der Waals surface area contributed by atoms with Gasteiger partial charge in [0.05, 0.1) is 5.60 Å². The molecular weight excluding hydrogens is 210 g/mol. The molecule has 92 valence electrons. The Kier molecular flexibility index (Phi) is 2.93. The maximum atomic E-state index is 10.1. The number of rotatable bonds is 3. The van der Waals surface area contributed by atoms with Crippen LogP contribution in [0, 0.1) is 5.92 Å². The first kappa shape index (κ1) is 11.2. The molecule has 3 atom stereocenters. The molecular formula is C15H21NO. The standard InChI is InChI=1S/C15H21NO/c17-15-8-4-7-14(9-13(15)10-15)16-11-12-5-2-1-3-6-12/h1-3,5-6,13-14,16-17H,4,7-11H2/t13-,14+,15-/m1/s1. The van der Waals surface area contributed by atoms with Crippen molar-refractivity contribution in [1.82, 2.24) is 5.32 Å². The zero-order chi connectivity index (χ0) is 11.7. The normalized spacial score (nSPS) is 36.1. The van der Waals surface area contributed by atoms with Crippen LogP contribution in [0.3, 0.4) is 0 Å². The van der Waals surface area contributed by atoms with E-state index in [0.29, 0.717) is 12.0 Å². The van der Waals surface area contributed by atoms with Gasteiger partial charge in [-0.1, -0.05) is 30.3 Å². The average Bonchev–Trinajstić information content (AvgIpc) is 2.99. The Balaban J connectivity index is 1.52. The summed E-state index contributed by atoms with van der Waals surface area (Å²) < 4.78 is 0. The van der Waals surface area contributed by atoms with E-state index in [1.165, 1.54) is 18.4 Å². The van der Waals surface area contributed by atoms with Gasteiger partial charge in [0.1, 0.15) is 0 Å². The van der Waals surface area contributed by atoms with Crippen LogP contribution in [-0.4, -0.2) is 16.7 Å². The fourth-order valence-corrected chi connectivity index (χ4v) is 3.14. The van der Waals surface area contributed by atoms with Gasteiger partial charge in [-0.15, -0.1) is 0 Å². The third-order valence-corrected chi connectivity index (χ3v) is 4.37. The van der Waals surface area contributed by atoms with Crippen molar-refractivity contribution in [2.24, 2.45) is 5.92 Å². The molecule has 2 saturated carbocycles. The third-order valence-electron chi connectivity index (χ3n) is 4.37. The lowest BCUT2D eigenvalue weighted by Gasteiger charge is -2.16. The predicted octanol–water partition coefficient (Wildman–Crippen LogP) is 2.47. The quantitative estimate of drug-likeness (QED) is 0.837. The van der Waals surface area contributed by atoms with Crippen molar-refractivity contribution < 1.29 is 5.11 Å². The Morgan fingerprint density at radius 3 is 2.94 bits per heavy atom.